The first-order valence-corrected chi connectivity index (χ1v) is 13.5. The van der Waals surface area contributed by atoms with Crippen LogP contribution in [0.15, 0.2) is 84.9 Å². The van der Waals surface area contributed by atoms with Crippen molar-refractivity contribution in [2.45, 2.75) is 64.4 Å². The number of benzene rings is 3. The zero-order valence-corrected chi connectivity index (χ0v) is 23.6. The van der Waals surface area contributed by atoms with Gasteiger partial charge in [-0.05, 0) is 49.6 Å². The Morgan fingerprint density at radius 3 is 2.02 bits per heavy atom. The molecule has 0 radical (unpaired) electrons. The fourth-order valence-corrected chi connectivity index (χ4v) is 4.99. The van der Waals surface area contributed by atoms with E-state index in [2.05, 4.69) is 5.32 Å². The molecule has 0 bridgehead atoms. The molecule has 3 aromatic carbocycles. The van der Waals surface area contributed by atoms with E-state index in [0.29, 0.717) is 17.7 Å². The molecule has 214 valence electrons. The highest BCUT2D eigenvalue weighted by Crippen LogP contribution is 2.39. The summed E-state index contributed by atoms with van der Waals surface area (Å²) in [6.07, 6.45) is -1.08. The molecular weight excluding hydrogens is 522 g/mol. The number of carboxylic acid groups (broad SMARTS) is 1. The van der Waals surface area contributed by atoms with E-state index >= 15 is 0 Å². The van der Waals surface area contributed by atoms with E-state index < -0.39 is 35.9 Å². The Labute approximate surface area is 239 Å². The van der Waals surface area contributed by atoms with Crippen molar-refractivity contribution in [3.05, 3.63) is 102 Å². The van der Waals surface area contributed by atoms with Crippen LogP contribution in [0, 0.1) is 0 Å². The maximum absolute atomic E-state index is 14.0. The molecule has 0 saturated carbocycles. The van der Waals surface area contributed by atoms with Crippen molar-refractivity contribution in [3.63, 3.8) is 0 Å². The number of hydrogen-bond acceptors (Lipinski definition) is 5. The van der Waals surface area contributed by atoms with Crippen LogP contribution in [0.2, 0.25) is 0 Å². The molecule has 41 heavy (non-hydrogen) atoms. The molecule has 9 nitrogen and oxygen atoms in total. The number of alkyl carbamates (subject to hydrolysis) is 1. The van der Waals surface area contributed by atoms with Gasteiger partial charge in [0.1, 0.15) is 23.9 Å². The Kier molecular flexibility index (Phi) is 8.76. The second-order valence-electron chi connectivity index (χ2n) is 11.0. The van der Waals surface area contributed by atoms with Crippen LogP contribution in [-0.2, 0) is 32.0 Å². The highest BCUT2D eigenvalue weighted by molar-refractivity contribution is 6.03. The second-order valence-corrected chi connectivity index (χ2v) is 11.0. The molecule has 1 fully saturated rings. The minimum Gasteiger partial charge on any atom is -0.480 e. The monoisotopic (exact) mass is 557 g/mol. The Hall–Kier alpha value is -4.66. The van der Waals surface area contributed by atoms with Crippen molar-refractivity contribution in [1.82, 2.24) is 10.2 Å². The van der Waals surface area contributed by atoms with Crippen molar-refractivity contribution >= 4 is 29.6 Å². The maximum Gasteiger partial charge on any atom is 0.408 e. The molecule has 3 aromatic rings. The molecule has 3 amide bonds. The summed E-state index contributed by atoms with van der Waals surface area (Å²) in [5, 5.41) is 12.1. The van der Waals surface area contributed by atoms with Gasteiger partial charge >= 0.3 is 12.1 Å². The summed E-state index contributed by atoms with van der Waals surface area (Å²) in [6.45, 7) is 6.56. The lowest BCUT2D eigenvalue weighted by molar-refractivity contribution is -0.139. The number of carbonyl (C=O) groups is 4. The van der Waals surface area contributed by atoms with Gasteiger partial charge in [0.2, 0.25) is 5.91 Å². The predicted molar refractivity (Wildman–Crippen MR) is 154 cm³/mol. The standard InChI is InChI=1S/C32H35N3O6/c1-21(36)34-27(20-22-11-7-5-8-12-22)29(37)35(28(34)24-13-9-6-10-14-24)25-17-15-23(16-18-25)19-26(30(38)39)33-31(40)41-32(2,3)4/h5-18,26-28H,19-20H2,1-4H3,(H,33,40)(H,38,39)/t26-,27?,28?/m0/s1. The van der Waals surface area contributed by atoms with E-state index in [1.165, 1.54) is 6.92 Å². The molecule has 1 aliphatic rings. The predicted octanol–water partition coefficient (Wildman–Crippen LogP) is 4.71. The molecule has 1 aliphatic heterocycles. The number of aliphatic carboxylic acids is 1. The van der Waals surface area contributed by atoms with Gasteiger partial charge in [0.25, 0.3) is 5.91 Å². The van der Waals surface area contributed by atoms with Crippen LogP contribution in [0.25, 0.3) is 0 Å². The first-order valence-electron chi connectivity index (χ1n) is 13.5. The normalized spacial score (nSPS) is 17.7. The van der Waals surface area contributed by atoms with E-state index in [1.807, 2.05) is 60.7 Å². The van der Waals surface area contributed by atoms with E-state index in [1.54, 1.807) is 54.8 Å². The molecule has 4 rings (SSSR count). The number of anilines is 1. The number of nitrogens with one attached hydrogen (secondary N) is 1. The molecule has 3 atom stereocenters. The smallest absolute Gasteiger partial charge is 0.408 e. The van der Waals surface area contributed by atoms with E-state index in [9.17, 15) is 24.3 Å². The average molecular weight is 558 g/mol. The van der Waals surface area contributed by atoms with Gasteiger partial charge in [-0.15, -0.1) is 0 Å². The number of ether oxygens (including phenoxy) is 1. The van der Waals surface area contributed by atoms with Crippen molar-refractivity contribution in [1.29, 1.82) is 0 Å². The molecule has 0 aromatic heterocycles. The lowest BCUT2D eigenvalue weighted by Crippen LogP contribution is -2.44. The summed E-state index contributed by atoms with van der Waals surface area (Å²) in [5.41, 5.74) is 2.19. The molecule has 1 heterocycles. The van der Waals surface area contributed by atoms with Gasteiger partial charge in [0.05, 0.1) is 0 Å². The molecule has 2 unspecified atom stereocenters. The highest BCUT2D eigenvalue weighted by atomic mass is 16.6. The van der Waals surface area contributed by atoms with Crippen LogP contribution in [-0.4, -0.2) is 51.6 Å². The van der Waals surface area contributed by atoms with Crippen LogP contribution < -0.4 is 10.2 Å². The third kappa shape index (κ3) is 7.11. The summed E-state index contributed by atoms with van der Waals surface area (Å²) in [4.78, 5) is 54.3. The topological polar surface area (TPSA) is 116 Å². The van der Waals surface area contributed by atoms with Crippen LogP contribution in [0.5, 0.6) is 0 Å². The van der Waals surface area contributed by atoms with Gasteiger partial charge in [-0.3, -0.25) is 14.5 Å². The minimum atomic E-state index is -1.20. The Balaban J connectivity index is 1.63. The Morgan fingerprint density at radius 1 is 0.902 bits per heavy atom. The maximum atomic E-state index is 14.0. The van der Waals surface area contributed by atoms with Gasteiger partial charge in [-0.1, -0.05) is 72.8 Å². The van der Waals surface area contributed by atoms with Crippen LogP contribution >= 0.6 is 0 Å². The van der Waals surface area contributed by atoms with Gasteiger partial charge in [-0.25, -0.2) is 9.59 Å². The average Bonchev–Trinajstić information content (AvgIpc) is 3.20. The fourth-order valence-electron chi connectivity index (χ4n) is 4.99. The summed E-state index contributed by atoms with van der Waals surface area (Å²) >= 11 is 0. The van der Waals surface area contributed by atoms with Gasteiger partial charge in [0, 0.05) is 25.5 Å². The molecule has 1 saturated heterocycles. The number of carbonyl (C=O) groups excluding carboxylic acids is 3. The summed E-state index contributed by atoms with van der Waals surface area (Å²) in [7, 11) is 0. The lowest BCUT2D eigenvalue weighted by atomic mass is 10.0. The van der Waals surface area contributed by atoms with Gasteiger partial charge in [-0.2, -0.15) is 0 Å². The van der Waals surface area contributed by atoms with E-state index in [4.69, 9.17) is 4.74 Å². The van der Waals surface area contributed by atoms with Crippen LogP contribution in [0.4, 0.5) is 10.5 Å². The molecule has 0 aliphatic carbocycles. The summed E-state index contributed by atoms with van der Waals surface area (Å²) in [6, 6.07) is 24.0. The minimum absolute atomic E-state index is 0.0150. The highest BCUT2D eigenvalue weighted by Gasteiger charge is 2.48. The largest absolute Gasteiger partial charge is 0.480 e. The quantitative estimate of drug-likeness (QED) is 0.414. The van der Waals surface area contributed by atoms with Crippen molar-refractivity contribution in [2.24, 2.45) is 0 Å². The van der Waals surface area contributed by atoms with Crippen molar-refractivity contribution in [2.75, 3.05) is 4.90 Å². The number of amides is 3. The van der Waals surface area contributed by atoms with Crippen LogP contribution in [0.1, 0.15) is 50.6 Å². The summed E-state index contributed by atoms with van der Waals surface area (Å²) in [5.74, 6) is -1.62. The first kappa shape index (κ1) is 29.3. The third-order valence-electron chi connectivity index (χ3n) is 6.74. The Morgan fingerprint density at radius 2 is 1.49 bits per heavy atom. The molecule has 9 heteroatoms. The van der Waals surface area contributed by atoms with E-state index in [0.717, 1.165) is 11.1 Å². The summed E-state index contributed by atoms with van der Waals surface area (Å²) < 4.78 is 5.20. The van der Waals surface area contributed by atoms with E-state index in [-0.39, 0.29) is 18.2 Å². The molecular formula is C32H35N3O6. The number of hydrogen-bond donors (Lipinski definition) is 2. The zero-order chi connectivity index (χ0) is 29.7. The first-order chi connectivity index (χ1) is 19.4. The fraction of sp³-hybridized carbons (Fsp3) is 0.312. The van der Waals surface area contributed by atoms with Gasteiger partial charge < -0.3 is 20.1 Å². The van der Waals surface area contributed by atoms with Crippen LogP contribution in [0.3, 0.4) is 0 Å². The molecule has 0 spiro atoms. The number of nitrogens with zero attached hydrogens (tertiary/aromatic N) is 2. The van der Waals surface area contributed by atoms with Gasteiger partial charge in [0.15, 0.2) is 0 Å². The number of rotatable bonds is 8. The Bertz CT molecular complexity index is 1390. The molecule has 2 N–H and O–H groups in total. The lowest BCUT2D eigenvalue weighted by Gasteiger charge is -2.31. The number of carboxylic acids is 1. The zero-order valence-electron chi connectivity index (χ0n) is 23.6. The second kappa shape index (κ2) is 12.2. The van der Waals surface area contributed by atoms with Crippen molar-refractivity contribution in [3.8, 4) is 0 Å². The SMILES string of the molecule is CC(=O)N1C(Cc2ccccc2)C(=O)N(c2ccc(C[C@H](NC(=O)OC(C)(C)C)C(=O)O)cc2)C1c1ccccc1. The third-order valence-corrected chi connectivity index (χ3v) is 6.74. The van der Waals surface area contributed by atoms with Crippen molar-refractivity contribution < 1.29 is 29.0 Å².